The first-order chi connectivity index (χ1) is 22.5. The third kappa shape index (κ3) is 8.47. The van der Waals surface area contributed by atoms with Crippen molar-refractivity contribution in [3.05, 3.63) is 66.0 Å². The van der Waals surface area contributed by atoms with E-state index in [1.165, 1.54) is 6.07 Å². The third-order valence-corrected chi connectivity index (χ3v) is 11.7. The second kappa shape index (κ2) is 16.0. The normalized spacial score (nSPS) is 12.8. The molecule has 0 atom stereocenters. The van der Waals surface area contributed by atoms with Gasteiger partial charge in [-0.05, 0) is 58.9 Å². The highest BCUT2D eigenvalue weighted by atomic mass is 32.2. The molecule has 0 bridgehead atoms. The predicted octanol–water partition coefficient (Wildman–Crippen LogP) is 5.29. The Morgan fingerprint density at radius 1 is 0.894 bits per heavy atom. The molecule has 0 saturated carbocycles. The van der Waals surface area contributed by atoms with Crippen LogP contribution >= 0.6 is 0 Å². The summed E-state index contributed by atoms with van der Waals surface area (Å²) in [4.78, 5) is 14.9. The van der Waals surface area contributed by atoms with Gasteiger partial charge in [0, 0.05) is 72.8 Å². The third-order valence-electron chi connectivity index (χ3n) is 7.82. The molecule has 0 spiro atoms. The van der Waals surface area contributed by atoms with Crippen molar-refractivity contribution >= 4 is 41.5 Å². The van der Waals surface area contributed by atoms with E-state index < -0.39 is 24.9 Å². The van der Waals surface area contributed by atoms with Crippen LogP contribution in [0.1, 0.15) is 34.6 Å². The molecule has 0 unspecified atom stereocenters. The molecule has 0 saturated heterocycles. The zero-order valence-electron chi connectivity index (χ0n) is 27.9. The van der Waals surface area contributed by atoms with Gasteiger partial charge in [0.1, 0.15) is 23.3 Å². The Bertz CT molecular complexity index is 1820. The van der Waals surface area contributed by atoms with Crippen molar-refractivity contribution in [3.63, 3.8) is 0 Å². The van der Waals surface area contributed by atoms with Gasteiger partial charge in [-0.2, -0.15) is 8.42 Å². The fourth-order valence-electron chi connectivity index (χ4n) is 5.70. The number of ether oxygens (including phenoxy) is 1. The highest BCUT2D eigenvalue weighted by Gasteiger charge is 2.40. The van der Waals surface area contributed by atoms with Crippen molar-refractivity contribution in [1.82, 2.24) is 4.58 Å². The van der Waals surface area contributed by atoms with Gasteiger partial charge in [-0.1, -0.05) is 18.2 Å². The van der Waals surface area contributed by atoms with Crippen LogP contribution in [0.5, 0.6) is 0 Å². The van der Waals surface area contributed by atoms with Crippen molar-refractivity contribution in [1.29, 1.82) is 0 Å². The lowest BCUT2D eigenvalue weighted by molar-refractivity contribution is -0.142. The monoisotopic (exact) mass is 685 g/mol. The summed E-state index contributed by atoms with van der Waals surface area (Å²) in [5.41, 5.74) is 3.12. The molecule has 13 heteroatoms. The minimum atomic E-state index is -4.53. The maximum Gasteiger partial charge on any atom is 0.504 e. The Labute approximate surface area is 277 Å². The van der Waals surface area contributed by atoms with E-state index >= 15 is 0 Å². The standard InChI is InChI=1S/C34H44N2O9SSi/c1-7-36(8-2)26-17-19-28-31(23-26)45-30-22-25(16-18-27(30)34(28)29-14-12-13-15-32(29)46(38,39)40)35(6)24-33(37)41-20-21-47(42-9-3,43-10-4)44-11-5/h12-19,22-23H,7-11,20-21,24H2,1-6H3/p+1. The molecule has 0 aromatic heterocycles. The number of esters is 1. The van der Waals surface area contributed by atoms with Crippen LogP contribution in [0.3, 0.4) is 0 Å². The summed E-state index contributed by atoms with van der Waals surface area (Å²) in [7, 11) is -5.70. The van der Waals surface area contributed by atoms with Gasteiger partial charge in [-0.15, -0.1) is 0 Å². The topological polar surface area (TPSA) is 128 Å². The van der Waals surface area contributed by atoms with E-state index in [-0.39, 0.29) is 18.0 Å². The molecular formula is C34H45N2O9SSi+. The minimum Gasteiger partial charge on any atom is -0.461 e. The number of carbonyl (C=O) groups is 1. The first-order valence-corrected chi connectivity index (χ1v) is 19.3. The van der Waals surface area contributed by atoms with E-state index in [9.17, 15) is 17.8 Å². The van der Waals surface area contributed by atoms with Gasteiger partial charge in [0.15, 0.2) is 0 Å². The van der Waals surface area contributed by atoms with Gasteiger partial charge in [0.2, 0.25) is 11.9 Å². The molecule has 0 radical (unpaired) electrons. The minimum absolute atomic E-state index is 0.0316. The van der Waals surface area contributed by atoms with Crippen LogP contribution in [-0.4, -0.2) is 80.9 Å². The molecule has 2 aliphatic rings. The van der Waals surface area contributed by atoms with E-state index in [4.69, 9.17) is 22.4 Å². The number of anilines is 1. The summed E-state index contributed by atoms with van der Waals surface area (Å²) in [5.74, 6) is 0.0510. The highest BCUT2D eigenvalue weighted by Crippen LogP contribution is 2.42. The Hall–Kier alpha value is -3.59. The van der Waals surface area contributed by atoms with Crippen molar-refractivity contribution in [2.75, 3.05) is 58.0 Å². The lowest BCUT2D eigenvalue weighted by Crippen LogP contribution is -2.47. The largest absolute Gasteiger partial charge is 0.504 e. The van der Waals surface area contributed by atoms with E-state index in [0.29, 0.717) is 64.6 Å². The fraction of sp³-hybridized carbons (Fsp3) is 0.412. The van der Waals surface area contributed by atoms with Crippen molar-refractivity contribution in [3.8, 4) is 22.5 Å². The Morgan fingerprint density at radius 2 is 1.55 bits per heavy atom. The molecule has 11 nitrogen and oxygen atoms in total. The fourth-order valence-corrected chi connectivity index (χ4v) is 8.75. The van der Waals surface area contributed by atoms with Crippen molar-refractivity contribution in [2.24, 2.45) is 0 Å². The molecule has 0 amide bonds. The molecule has 0 fully saturated rings. The number of carbonyl (C=O) groups excluding carboxylic acids is 1. The van der Waals surface area contributed by atoms with Crippen molar-refractivity contribution in [2.45, 2.75) is 45.6 Å². The summed E-state index contributed by atoms with van der Waals surface area (Å²) in [5, 5.41) is 1.38. The average Bonchev–Trinajstić information content (AvgIpc) is 3.04. The molecule has 1 N–H and O–H groups in total. The van der Waals surface area contributed by atoms with E-state index in [0.717, 1.165) is 18.8 Å². The van der Waals surface area contributed by atoms with E-state index in [1.807, 2.05) is 57.2 Å². The molecule has 4 rings (SSSR count). The first kappa shape index (κ1) is 36.2. The summed E-state index contributed by atoms with van der Waals surface area (Å²) in [6, 6.07) is 18.0. The zero-order chi connectivity index (χ0) is 34.2. The highest BCUT2D eigenvalue weighted by molar-refractivity contribution is 7.86. The average molecular weight is 686 g/mol. The van der Waals surface area contributed by atoms with Crippen LogP contribution in [0.2, 0.25) is 6.04 Å². The SMILES string of the molecule is CCO[Si](CCOC(=O)C[N+](C)=c1ccc2c(-c3ccccc3S(=O)(=O)O)c3ccc(N(CC)CC)cc3oc-2c1)(OCC)OCC. The maximum absolute atomic E-state index is 12.9. The molecular weight excluding hydrogens is 641 g/mol. The summed E-state index contributed by atoms with van der Waals surface area (Å²) >= 11 is 0. The van der Waals surface area contributed by atoms with Crippen LogP contribution in [0.25, 0.3) is 33.4 Å². The zero-order valence-corrected chi connectivity index (χ0v) is 29.8. The van der Waals surface area contributed by atoms with E-state index in [1.54, 1.807) is 29.8 Å². The van der Waals surface area contributed by atoms with E-state index in [2.05, 4.69) is 18.7 Å². The van der Waals surface area contributed by atoms with Crippen LogP contribution in [-0.2, 0) is 32.9 Å². The Balaban J connectivity index is 1.76. The lowest BCUT2D eigenvalue weighted by atomic mass is 9.93. The second-order valence-corrected chi connectivity index (χ2v) is 14.9. The molecule has 254 valence electrons. The predicted molar refractivity (Wildman–Crippen MR) is 184 cm³/mol. The van der Waals surface area contributed by atoms with Gasteiger partial charge < -0.3 is 27.3 Å². The molecule has 2 aromatic carbocycles. The lowest BCUT2D eigenvalue weighted by Gasteiger charge is -2.28. The first-order valence-electron chi connectivity index (χ1n) is 15.9. The second-order valence-electron chi connectivity index (χ2n) is 10.8. The molecule has 47 heavy (non-hydrogen) atoms. The Kier molecular flexibility index (Phi) is 12.3. The smallest absolute Gasteiger partial charge is 0.461 e. The van der Waals surface area contributed by atoms with Crippen LogP contribution in [0, 0.1) is 0 Å². The quantitative estimate of drug-likeness (QED) is 0.0547. The van der Waals surface area contributed by atoms with Gasteiger partial charge in [0.05, 0.1) is 18.7 Å². The summed E-state index contributed by atoms with van der Waals surface area (Å²) in [6.45, 7) is 12.7. The van der Waals surface area contributed by atoms with Crippen molar-refractivity contribution < 1.29 is 40.2 Å². The number of fused-ring (bicyclic) bond motifs is 2. The van der Waals surface area contributed by atoms with Crippen LogP contribution in [0.4, 0.5) is 5.69 Å². The molecule has 2 aromatic rings. The maximum atomic E-state index is 12.9. The summed E-state index contributed by atoms with van der Waals surface area (Å²) in [6.07, 6.45) is 0. The van der Waals surface area contributed by atoms with Gasteiger partial charge in [-0.3, -0.25) is 4.55 Å². The number of rotatable bonds is 16. The number of benzene rings is 3. The van der Waals surface area contributed by atoms with Gasteiger partial charge in [0.25, 0.3) is 10.1 Å². The summed E-state index contributed by atoms with van der Waals surface area (Å²) < 4.78 is 66.3. The molecule has 1 aliphatic carbocycles. The molecule has 1 heterocycles. The van der Waals surface area contributed by atoms with Crippen LogP contribution < -0.4 is 14.8 Å². The number of likely N-dealkylation sites (N-methyl/N-ethyl adjacent to an activating group) is 1. The molecule has 1 aliphatic heterocycles. The number of hydrogen-bond acceptors (Lipinski definition) is 9. The number of hydrogen-bond donors (Lipinski definition) is 1. The van der Waals surface area contributed by atoms with Gasteiger partial charge >= 0.3 is 14.8 Å². The Morgan fingerprint density at radius 3 is 2.17 bits per heavy atom. The number of nitrogens with zero attached hydrogens (tertiary/aromatic N) is 2. The van der Waals surface area contributed by atoms with Gasteiger partial charge in [-0.25, -0.2) is 9.37 Å². The van der Waals surface area contributed by atoms with Crippen LogP contribution in [0.15, 0.2) is 70.0 Å².